The molecule has 0 spiro atoms. The zero-order valence-corrected chi connectivity index (χ0v) is 18.7. The quantitative estimate of drug-likeness (QED) is 0.531. The normalized spacial score (nSPS) is 20.4. The predicted octanol–water partition coefficient (Wildman–Crippen LogP) is 4.10. The highest BCUT2D eigenvalue weighted by Crippen LogP contribution is 2.36. The largest absolute Gasteiger partial charge is 0.381 e. The number of halogens is 1. The molecule has 162 valence electrons. The SMILES string of the molecule is CCNC(=NCC1(c2cccc(Cl)c2)CCOCC1)N(C)CCC1CCOCC1. The van der Waals surface area contributed by atoms with E-state index in [1.165, 1.54) is 24.8 Å². The number of guanidine groups is 1. The summed E-state index contributed by atoms with van der Waals surface area (Å²) in [7, 11) is 2.15. The van der Waals surface area contributed by atoms with Gasteiger partial charge in [-0.05, 0) is 62.6 Å². The number of benzene rings is 1. The van der Waals surface area contributed by atoms with Gasteiger partial charge in [-0.1, -0.05) is 23.7 Å². The zero-order chi connectivity index (χ0) is 20.5. The van der Waals surface area contributed by atoms with E-state index in [1.807, 2.05) is 12.1 Å². The molecule has 2 saturated heterocycles. The molecule has 1 aromatic rings. The van der Waals surface area contributed by atoms with E-state index in [1.54, 1.807) is 0 Å². The van der Waals surface area contributed by atoms with Crippen LogP contribution in [0.2, 0.25) is 5.02 Å². The third-order valence-corrected chi connectivity index (χ3v) is 6.56. The van der Waals surface area contributed by atoms with Gasteiger partial charge in [0.05, 0.1) is 6.54 Å². The van der Waals surface area contributed by atoms with Crippen molar-refractivity contribution >= 4 is 17.6 Å². The van der Waals surface area contributed by atoms with Crippen molar-refractivity contribution in [2.45, 2.75) is 44.4 Å². The van der Waals surface area contributed by atoms with Gasteiger partial charge in [-0.15, -0.1) is 0 Å². The Kier molecular flexibility index (Phi) is 8.64. The summed E-state index contributed by atoms with van der Waals surface area (Å²) in [5, 5.41) is 4.27. The molecule has 0 amide bonds. The van der Waals surface area contributed by atoms with Crippen LogP contribution in [0, 0.1) is 5.92 Å². The molecule has 1 N–H and O–H groups in total. The van der Waals surface area contributed by atoms with Crippen molar-refractivity contribution in [1.29, 1.82) is 0 Å². The lowest BCUT2D eigenvalue weighted by Crippen LogP contribution is -2.42. The summed E-state index contributed by atoms with van der Waals surface area (Å²) in [6.07, 6.45) is 5.50. The molecule has 6 heteroatoms. The van der Waals surface area contributed by atoms with Crippen LogP contribution in [0.5, 0.6) is 0 Å². The summed E-state index contributed by atoms with van der Waals surface area (Å²) in [6.45, 7) is 8.14. The van der Waals surface area contributed by atoms with Crippen molar-refractivity contribution in [2.75, 3.05) is 53.1 Å². The Balaban J connectivity index is 1.70. The van der Waals surface area contributed by atoms with Crippen LogP contribution in [-0.4, -0.2) is 64.0 Å². The minimum Gasteiger partial charge on any atom is -0.381 e. The van der Waals surface area contributed by atoms with Crippen LogP contribution in [-0.2, 0) is 14.9 Å². The molecule has 1 aromatic carbocycles. The van der Waals surface area contributed by atoms with Crippen LogP contribution in [0.4, 0.5) is 0 Å². The standard InChI is InChI=1S/C23H36ClN3O2/c1-3-25-22(27(2)12-7-19-8-13-28-14-9-19)26-18-23(10-15-29-16-11-23)20-5-4-6-21(24)17-20/h4-6,17,19H,3,7-16,18H2,1-2H3,(H,25,26). The van der Waals surface area contributed by atoms with Crippen LogP contribution >= 0.6 is 11.6 Å². The Labute approximate surface area is 180 Å². The van der Waals surface area contributed by atoms with Crippen molar-refractivity contribution in [1.82, 2.24) is 10.2 Å². The van der Waals surface area contributed by atoms with Gasteiger partial charge >= 0.3 is 0 Å². The second kappa shape index (κ2) is 11.2. The molecule has 2 aliphatic rings. The maximum absolute atomic E-state index is 6.31. The maximum Gasteiger partial charge on any atom is 0.193 e. The number of nitrogens with one attached hydrogen (secondary N) is 1. The van der Waals surface area contributed by atoms with E-state index in [-0.39, 0.29) is 5.41 Å². The van der Waals surface area contributed by atoms with E-state index in [2.05, 4.69) is 36.3 Å². The van der Waals surface area contributed by atoms with Crippen molar-refractivity contribution in [2.24, 2.45) is 10.9 Å². The Hall–Kier alpha value is -1.30. The van der Waals surface area contributed by atoms with Gasteiger partial charge in [0.2, 0.25) is 0 Å². The van der Waals surface area contributed by atoms with Crippen molar-refractivity contribution < 1.29 is 9.47 Å². The average Bonchev–Trinajstić information content (AvgIpc) is 2.76. The summed E-state index contributed by atoms with van der Waals surface area (Å²) in [6, 6.07) is 8.28. The second-order valence-corrected chi connectivity index (χ2v) is 8.78. The fraction of sp³-hybridized carbons (Fsp3) is 0.696. The van der Waals surface area contributed by atoms with Crippen LogP contribution < -0.4 is 5.32 Å². The van der Waals surface area contributed by atoms with Crippen LogP contribution in [0.15, 0.2) is 29.3 Å². The van der Waals surface area contributed by atoms with Gasteiger partial charge in [-0.25, -0.2) is 0 Å². The molecule has 0 radical (unpaired) electrons. The molecule has 2 aliphatic heterocycles. The smallest absolute Gasteiger partial charge is 0.193 e. The number of nitrogens with zero attached hydrogens (tertiary/aromatic N) is 2. The molecule has 0 aromatic heterocycles. The summed E-state index contributed by atoms with van der Waals surface area (Å²) >= 11 is 6.31. The minimum absolute atomic E-state index is 0.00856. The van der Waals surface area contributed by atoms with Crippen molar-refractivity contribution in [3.8, 4) is 0 Å². The van der Waals surface area contributed by atoms with Gasteiger partial charge in [-0.3, -0.25) is 4.99 Å². The summed E-state index contributed by atoms with van der Waals surface area (Å²) in [4.78, 5) is 7.37. The molecular formula is C23H36ClN3O2. The first-order valence-corrected chi connectivity index (χ1v) is 11.4. The first-order valence-electron chi connectivity index (χ1n) is 11.0. The van der Waals surface area contributed by atoms with Crippen LogP contribution in [0.1, 0.15) is 44.6 Å². The number of hydrogen-bond acceptors (Lipinski definition) is 3. The van der Waals surface area contributed by atoms with Gasteiger partial charge in [0.15, 0.2) is 5.96 Å². The van der Waals surface area contributed by atoms with Crippen LogP contribution in [0.25, 0.3) is 0 Å². The Morgan fingerprint density at radius 3 is 2.62 bits per heavy atom. The minimum atomic E-state index is -0.00856. The highest BCUT2D eigenvalue weighted by Gasteiger charge is 2.34. The number of aliphatic imine (C=N–C) groups is 1. The average molecular weight is 422 g/mol. The Morgan fingerprint density at radius 1 is 1.21 bits per heavy atom. The number of rotatable bonds is 7. The monoisotopic (exact) mass is 421 g/mol. The molecule has 29 heavy (non-hydrogen) atoms. The second-order valence-electron chi connectivity index (χ2n) is 8.34. The third-order valence-electron chi connectivity index (χ3n) is 6.33. The number of ether oxygens (including phenoxy) is 2. The Bertz CT molecular complexity index is 655. The lowest BCUT2D eigenvalue weighted by molar-refractivity contribution is 0.0529. The molecular weight excluding hydrogens is 386 g/mol. The molecule has 2 fully saturated rings. The van der Waals surface area contributed by atoms with E-state index >= 15 is 0 Å². The molecule has 0 saturated carbocycles. The lowest BCUT2D eigenvalue weighted by Gasteiger charge is -2.37. The van der Waals surface area contributed by atoms with E-state index in [4.69, 9.17) is 26.1 Å². The fourth-order valence-electron chi connectivity index (χ4n) is 4.33. The zero-order valence-electron chi connectivity index (χ0n) is 18.0. The van der Waals surface area contributed by atoms with Crippen LogP contribution in [0.3, 0.4) is 0 Å². The molecule has 0 atom stereocenters. The highest BCUT2D eigenvalue weighted by molar-refractivity contribution is 6.30. The van der Waals surface area contributed by atoms with Crippen molar-refractivity contribution in [3.05, 3.63) is 34.9 Å². The maximum atomic E-state index is 6.31. The van der Waals surface area contributed by atoms with E-state index in [9.17, 15) is 0 Å². The molecule has 3 rings (SSSR count). The van der Waals surface area contributed by atoms with E-state index in [0.29, 0.717) is 0 Å². The summed E-state index contributed by atoms with van der Waals surface area (Å²) in [5.74, 6) is 1.76. The van der Waals surface area contributed by atoms with Gasteiger partial charge in [0, 0.05) is 57.0 Å². The first-order chi connectivity index (χ1) is 14.1. The van der Waals surface area contributed by atoms with E-state index < -0.39 is 0 Å². The third kappa shape index (κ3) is 6.34. The summed E-state index contributed by atoms with van der Waals surface area (Å²) in [5.41, 5.74) is 1.27. The fourth-order valence-corrected chi connectivity index (χ4v) is 4.52. The molecule has 5 nitrogen and oxygen atoms in total. The molecule has 0 unspecified atom stereocenters. The van der Waals surface area contributed by atoms with Crippen molar-refractivity contribution in [3.63, 3.8) is 0 Å². The highest BCUT2D eigenvalue weighted by atomic mass is 35.5. The molecule has 2 heterocycles. The predicted molar refractivity (Wildman–Crippen MR) is 120 cm³/mol. The van der Waals surface area contributed by atoms with Gasteiger partial charge < -0.3 is 19.7 Å². The molecule has 0 bridgehead atoms. The first kappa shape index (κ1) is 22.4. The lowest BCUT2D eigenvalue weighted by atomic mass is 9.74. The topological polar surface area (TPSA) is 46.1 Å². The van der Waals surface area contributed by atoms with E-state index in [0.717, 1.165) is 75.8 Å². The molecule has 0 aliphatic carbocycles. The van der Waals surface area contributed by atoms with Gasteiger partial charge in [0.1, 0.15) is 0 Å². The van der Waals surface area contributed by atoms with Gasteiger partial charge in [-0.2, -0.15) is 0 Å². The summed E-state index contributed by atoms with van der Waals surface area (Å²) < 4.78 is 11.2. The number of hydrogen-bond donors (Lipinski definition) is 1. The van der Waals surface area contributed by atoms with Gasteiger partial charge in [0.25, 0.3) is 0 Å². The Morgan fingerprint density at radius 2 is 1.93 bits per heavy atom.